The molecule has 0 radical (unpaired) electrons. The lowest BCUT2D eigenvalue weighted by Gasteiger charge is -2.40. The van der Waals surface area contributed by atoms with E-state index in [1.54, 1.807) is 41.5 Å². The Balaban J connectivity index is 1.95. The zero-order chi connectivity index (χ0) is 43.2. The van der Waals surface area contributed by atoms with Crippen molar-refractivity contribution in [2.75, 3.05) is 26.9 Å². The summed E-state index contributed by atoms with van der Waals surface area (Å²) in [5.41, 5.74) is 6.80. The number of piperidine rings is 1. The van der Waals surface area contributed by atoms with Gasteiger partial charge in [-0.1, -0.05) is 66.5 Å². The second-order valence-electron chi connectivity index (χ2n) is 16.8. The summed E-state index contributed by atoms with van der Waals surface area (Å²) >= 11 is 1.17. The van der Waals surface area contributed by atoms with E-state index in [0.717, 1.165) is 31.2 Å². The first-order chi connectivity index (χ1) is 27.4. The molecule has 8 atom stereocenters. The fourth-order valence-corrected chi connectivity index (χ4v) is 7.95. The number of benzene rings is 1. The van der Waals surface area contributed by atoms with E-state index in [1.165, 1.54) is 18.3 Å². The number of aromatic hydroxyl groups is 1. The number of likely N-dealkylation sites (tertiary alicyclic amines) is 1. The van der Waals surface area contributed by atoms with Crippen LogP contribution in [0.15, 0.2) is 29.6 Å². The van der Waals surface area contributed by atoms with Crippen LogP contribution in [0.3, 0.4) is 0 Å². The summed E-state index contributed by atoms with van der Waals surface area (Å²) in [7, 11) is 1.93. The van der Waals surface area contributed by atoms with Gasteiger partial charge in [-0.15, -0.1) is 11.3 Å². The van der Waals surface area contributed by atoms with Gasteiger partial charge in [-0.2, -0.15) is 0 Å². The molecule has 1 aromatic carbocycles. The molecule has 0 spiro atoms. The first-order valence-electron chi connectivity index (χ1n) is 20.7. The van der Waals surface area contributed by atoms with E-state index in [2.05, 4.69) is 15.6 Å². The largest absolute Gasteiger partial charge is 0.508 e. The minimum atomic E-state index is -0.919. The number of phenolic OH excluding ortho intramolecular Hbond substituents is 1. The van der Waals surface area contributed by atoms with Crippen LogP contribution in [0, 0.1) is 17.8 Å². The van der Waals surface area contributed by atoms with E-state index in [4.69, 9.17) is 15.2 Å². The number of carbonyl (C=O) groups excluding carboxylic acids is 5. The van der Waals surface area contributed by atoms with Crippen LogP contribution in [0.1, 0.15) is 127 Å². The summed E-state index contributed by atoms with van der Waals surface area (Å²) in [5, 5.41) is 17.8. The number of hydrogen-bond donors (Lipinski definition) is 4. The first-order valence-corrected chi connectivity index (χ1v) is 21.6. The zero-order valence-corrected chi connectivity index (χ0v) is 36.8. The number of nitrogens with zero attached hydrogens (tertiary/aromatic N) is 3. The third-order valence-electron chi connectivity index (χ3n) is 11.2. The van der Waals surface area contributed by atoms with Crippen molar-refractivity contribution in [2.24, 2.45) is 23.5 Å². The normalized spacial score (nSPS) is 18.8. The number of nitrogens with one attached hydrogen (secondary N) is 2. The Morgan fingerprint density at radius 1 is 1.10 bits per heavy atom. The average Bonchev–Trinajstić information content (AvgIpc) is 3.68. The molecular formula is C43H68N6O8S. The molecule has 3 amide bonds. The summed E-state index contributed by atoms with van der Waals surface area (Å²) < 4.78 is 12.1. The number of thiazole rings is 1. The van der Waals surface area contributed by atoms with Gasteiger partial charge >= 0.3 is 5.97 Å². The molecule has 5 N–H and O–H groups in total. The molecule has 1 saturated heterocycles. The second-order valence-corrected chi connectivity index (χ2v) is 17.7. The van der Waals surface area contributed by atoms with Crippen LogP contribution in [0.5, 0.6) is 5.75 Å². The standard InChI is InChI=1S/C43H68N6O8S/c1-10-29(6)38(47-40(54)35-14-12-13-19-48(35)9)42(55)49(26-56-25-43(8,44)11-2)36(27(3)4)22-37(57-30(7)51)41-46-34(24-58-41)39(53)45-32(20-28(5)23-50)21-31-15-17-33(52)18-16-31/h15-18,23-24,27-29,32,35-38,52H,10-14,19-22,25-26,44H2,1-9H3,(H,45,53)(H,47,54)/t28-,29?,32+,35+,36+,37+,38-,43?/m0/s1. The number of carbonyl (C=O) groups is 5. The molecule has 1 aromatic heterocycles. The number of nitrogens with two attached hydrogens (primary N) is 1. The topological polar surface area (TPSA) is 193 Å². The highest BCUT2D eigenvalue weighted by molar-refractivity contribution is 7.09. The number of hydrogen-bond acceptors (Lipinski definition) is 12. The molecular weight excluding hydrogens is 761 g/mol. The van der Waals surface area contributed by atoms with Gasteiger partial charge in [0.15, 0.2) is 6.10 Å². The first kappa shape index (κ1) is 48.4. The van der Waals surface area contributed by atoms with Crippen molar-refractivity contribution in [1.82, 2.24) is 25.4 Å². The Bertz CT molecular complexity index is 1630. The Morgan fingerprint density at radius 3 is 2.38 bits per heavy atom. The van der Waals surface area contributed by atoms with Crippen molar-refractivity contribution in [3.05, 3.63) is 45.9 Å². The molecule has 0 bridgehead atoms. The highest BCUT2D eigenvalue weighted by Gasteiger charge is 2.39. The third kappa shape index (κ3) is 14.7. The van der Waals surface area contributed by atoms with Crippen LogP contribution < -0.4 is 16.4 Å². The smallest absolute Gasteiger partial charge is 0.303 e. The number of aromatic nitrogens is 1. The maximum Gasteiger partial charge on any atom is 0.303 e. The second kappa shape index (κ2) is 23.0. The van der Waals surface area contributed by atoms with Crippen molar-refractivity contribution >= 4 is 41.3 Å². The molecule has 58 heavy (non-hydrogen) atoms. The minimum Gasteiger partial charge on any atom is -0.508 e. The highest BCUT2D eigenvalue weighted by atomic mass is 32.1. The van der Waals surface area contributed by atoms with Gasteiger partial charge in [0.25, 0.3) is 5.91 Å². The van der Waals surface area contributed by atoms with Crippen molar-refractivity contribution in [1.29, 1.82) is 0 Å². The van der Waals surface area contributed by atoms with E-state index < -0.39 is 41.6 Å². The summed E-state index contributed by atoms with van der Waals surface area (Å²) in [6.07, 6.45) is 4.84. The van der Waals surface area contributed by atoms with Crippen LogP contribution in [-0.2, 0) is 35.1 Å². The number of amides is 3. The van der Waals surface area contributed by atoms with Gasteiger partial charge in [0.2, 0.25) is 11.8 Å². The highest BCUT2D eigenvalue weighted by Crippen LogP contribution is 2.32. The Labute approximate surface area is 349 Å². The van der Waals surface area contributed by atoms with Gasteiger partial charge in [-0.05, 0) is 82.2 Å². The number of esters is 1. The molecule has 2 unspecified atom stereocenters. The summed E-state index contributed by atoms with van der Waals surface area (Å²) in [6.45, 7) is 15.7. The number of ether oxygens (including phenoxy) is 2. The lowest BCUT2D eigenvalue weighted by atomic mass is 9.92. The van der Waals surface area contributed by atoms with Gasteiger partial charge < -0.3 is 40.6 Å². The lowest BCUT2D eigenvalue weighted by Crippen LogP contribution is -2.59. The molecule has 15 heteroatoms. The van der Waals surface area contributed by atoms with E-state index in [0.29, 0.717) is 37.1 Å². The van der Waals surface area contributed by atoms with Gasteiger partial charge in [0.05, 0.1) is 12.6 Å². The van der Waals surface area contributed by atoms with Crippen LogP contribution in [0.4, 0.5) is 0 Å². The molecule has 324 valence electrons. The van der Waals surface area contributed by atoms with Crippen LogP contribution in [-0.4, -0.2) is 107 Å². The Morgan fingerprint density at radius 2 is 1.79 bits per heavy atom. The van der Waals surface area contributed by atoms with E-state index >= 15 is 0 Å². The molecule has 1 fully saturated rings. The monoisotopic (exact) mass is 828 g/mol. The molecule has 1 aliphatic heterocycles. The summed E-state index contributed by atoms with van der Waals surface area (Å²) in [4.78, 5) is 74.7. The maximum atomic E-state index is 14.9. The fourth-order valence-electron chi connectivity index (χ4n) is 7.11. The van der Waals surface area contributed by atoms with Crippen molar-refractivity contribution in [3.63, 3.8) is 0 Å². The molecule has 2 heterocycles. The quantitative estimate of drug-likeness (QED) is 0.0639. The summed E-state index contributed by atoms with van der Waals surface area (Å²) in [6, 6.07) is 4.54. The number of rotatable bonds is 23. The van der Waals surface area contributed by atoms with E-state index in [1.807, 2.05) is 53.5 Å². The lowest BCUT2D eigenvalue weighted by molar-refractivity contribution is -0.153. The SMILES string of the molecule is CCC(C)[C@H](NC(=O)[C@H]1CCCCN1C)C(=O)N(COCC(C)(N)CC)[C@H](C[C@@H](OC(C)=O)c1nc(C(=O)N[C@@H](Cc2ccc(O)cc2)C[C@H](C)C=O)cs1)C(C)C. The van der Waals surface area contributed by atoms with Crippen molar-refractivity contribution in [3.8, 4) is 5.75 Å². The fraction of sp³-hybridized carbons (Fsp3) is 0.674. The van der Waals surface area contributed by atoms with Gasteiger partial charge in [0.1, 0.15) is 35.5 Å². The maximum absolute atomic E-state index is 14.9. The number of phenols is 1. The van der Waals surface area contributed by atoms with E-state index in [9.17, 15) is 29.1 Å². The number of likely N-dealkylation sites (N-methyl/N-ethyl adjacent to an activating group) is 1. The van der Waals surface area contributed by atoms with Crippen molar-refractivity contribution in [2.45, 2.75) is 143 Å². The average molecular weight is 829 g/mol. The number of aldehydes is 1. The van der Waals surface area contributed by atoms with Crippen molar-refractivity contribution < 1.29 is 38.6 Å². The van der Waals surface area contributed by atoms with Crippen LogP contribution >= 0.6 is 11.3 Å². The van der Waals surface area contributed by atoms with Gasteiger partial charge in [-0.25, -0.2) is 4.98 Å². The predicted octanol–water partition coefficient (Wildman–Crippen LogP) is 5.38. The Hall–Kier alpha value is -3.92. The summed E-state index contributed by atoms with van der Waals surface area (Å²) in [5.74, 6) is -2.04. The van der Waals surface area contributed by atoms with Crippen LogP contribution in [0.25, 0.3) is 0 Å². The molecule has 0 aliphatic carbocycles. The van der Waals surface area contributed by atoms with Gasteiger partial charge in [0, 0.05) is 42.3 Å². The molecule has 3 rings (SSSR count). The minimum absolute atomic E-state index is 0.111. The molecule has 2 aromatic rings. The Kier molecular flexibility index (Phi) is 19.2. The van der Waals surface area contributed by atoms with Gasteiger partial charge in [-0.3, -0.25) is 24.1 Å². The molecule has 14 nitrogen and oxygen atoms in total. The zero-order valence-electron chi connectivity index (χ0n) is 36.0. The van der Waals surface area contributed by atoms with Crippen LogP contribution in [0.2, 0.25) is 0 Å². The van der Waals surface area contributed by atoms with E-state index in [-0.39, 0.29) is 66.8 Å². The predicted molar refractivity (Wildman–Crippen MR) is 225 cm³/mol. The third-order valence-corrected chi connectivity index (χ3v) is 12.1. The molecule has 0 saturated carbocycles. The molecule has 1 aliphatic rings.